The van der Waals surface area contributed by atoms with Crippen molar-refractivity contribution in [1.82, 2.24) is 9.55 Å². The molecule has 0 saturated carbocycles. The summed E-state index contributed by atoms with van der Waals surface area (Å²) in [6, 6.07) is 21.6. The summed E-state index contributed by atoms with van der Waals surface area (Å²) < 4.78 is 13.1. The molecule has 1 atom stereocenters. The third kappa shape index (κ3) is 8.34. The largest absolute Gasteiger partial charge is 0.350 e. The number of ether oxygens (including phenoxy) is 2. The first-order valence-electron chi connectivity index (χ1n) is 12.3. The molecular formula is C28H37BN2O2. The Hall–Kier alpha value is -2.63. The molecule has 0 bridgehead atoms. The van der Waals surface area contributed by atoms with Crippen molar-refractivity contribution in [2.24, 2.45) is 5.92 Å². The Labute approximate surface area is 200 Å². The first kappa shape index (κ1) is 25.0. The molecule has 5 heteroatoms. The molecule has 1 unspecified atom stereocenters. The Morgan fingerprint density at radius 3 is 2.15 bits per heavy atom. The zero-order valence-electron chi connectivity index (χ0n) is 20.1. The summed E-state index contributed by atoms with van der Waals surface area (Å²) in [6.07, 6.45) is 14.7. The average Bonchev–Trinajstić information content (AvgIpc) is 3.59. The lowest BCUT2D eigenvalue weighted by atomic mass is 9.88. The molecule has 1 aromatic heterocycles. The number of rotatable bonds is 10. The molecule has 3 aromatic rings. The summed E-state index contributed by atoms with van der Waals surface area (Å²) in [7, 11) is 2.22. The summed E-state index contributed by atoms with van der Waals surface area (Å²) in [6.45, 7) is 4.53. The SMILES string of the molecule is BCCC=CCC(c1ccccc1)c1ccccc1.CCC(Cn1ccnc1)C1OCCO1. The summed E-state index contributed by atoms with van der Waals surface area (Å²) in [5.41, 5.74) is 2.80. The molecule has 4 nitrogen and oxygen atoms in total. The lowest BCUT2D eigenvalue weighted by Crippen LogP contribution is -2.25. The van der Waals surface area contributed by atoms with Crippen LogP contribution in [0.15, 0.2) is 91.5 Å². The summed E-state index contributed by atoms with van der Waals surface area (Å²) in [5, 5.41) is 0. The first-order chi connectivity index (χ1) is 16.3. The summed E-state index contributed by atoms with van der Waals surface area (Å²) >= 11 is 0. The van der Waals surface area contributed by atoms with Crippen LogP contribution in [0.1, 0.15) is 43.2 Å². The molecule has 0 radical (unpaired) electrons. The minimum Gasteiger partial charge on any atom is -0.350 e. The molecular weight excluding hydrogens is 407 g/mol. The van der Waals surface area contributed by atoms with Crippen LogP contribution in [0.25, 0.3) is 0 Å². The Kier molecular flexibility index (Phi) is 11.0. The second-order valence-electron chi connectivity index (χ2n) is 8.41. The number of hydrogen-bond acceptors (Lipinski definition) is 3. The maximum absolute atomic E-state index is 5.50. The predicted molar refractivity (Wildman–Crippen MR) is 138 cm³/mol. The number of aromatic nitrogens is 2. The topological polar surface area (TPSA) is 36.3 Å². The van der Waals surface area contributed by atoms with Crippen molar-refractivity contribution in [3.05, 3.63) is 103 Å². The zero-order valence-corrected chi connectivity index (χ0v) is 20.1. The van der Waals surface area contributed by atoms with E-state index in [0.29, 0.717) is 11.8 Å². The van der Waals surface area contributed by atoms with Gasteiger partial charge in [0.1, 0.15) is 7.85 Å². The molecule has 33 heavy (non-hydrogen) atoms. The van der Waals surface area contributed by atoms with Crippen LogP contribution in [-0.2, 0) is 16.0 Å². The highest BCUT2D eigenvalue weighted by Gasteiger charge is 2.25. The van der Waals surface area contributed by atoms with Crippen LogP contribution in [0, 0.1) is 5.92 Å². The van der Waals surface area contributed by atoms with Crippen LogP contribution in [0.2, 0.25) is 6.32 Å². The van der Waals surface area contributed by atoms with E-state index < -0.39 is 0 Å². The van der Waals surface area contributed by atoms with Crippen LogP contribution in [0.3, 0.4) is 0 Å². The molecule has 0 N–H and O–H groups in total. The van der Waals surface area contributed by atoms with Crippen LogP contribution in [0.5, 0.6) is 0 Å². The van der Waals surface area contributed by atoms with Crippen molar-refractivity contribution >= 4 is 7.85 Å². The van der Waals surface area contributed by atoms with Crippen molar-refractivity contribution in [3.63, 3.8) is 0 Å². The molecule has 1 aliphatic rings. The number of nitrogens with zero attached hydrogens (tertiary/aromatic N) is 2. The van der Waals surface area contributed by atoms with E-state index in [4.69, 9.17) is 9.47 Å². The minimum atomic E-state index is -0.0256. The molecule has 4 rings (SSSR count). The van der Waals surface area contributed by atoms with Crippen LogP contribution >= 0.6 is 0 Å². The third-order valence-electron chi connectivity index (χ3n) is 5.96. The second kappa shape index (κ2) is 14.5. The Bertz CT molecular complexity index is 855. The van der Waals surface area contributed by atoms with Gasteiger partial charge in [-0.1, -0.05) is 86.1 Å². The number of imidazole rings is 1. The quantitative estimate of drug-likeness (QED) is 0.307. The van der Waals surface area contributed by atoms with E-state index in [2.05, 4.69) is 97.1 Å². The molecule has 2 heterocycles. The van der Waals surface area contributed by atoms with Crippen molar-refractivity contribution in [2.45, 2.75) is 51.3 Å². The molecule has 2 aromatic carbocycles. The van der Waals surface area contributed by atoms with Gasteiger partial charge in [0.25, 0.3) is 0 Å². The van der Waals surface area contributed by atoms with Gasteiger partial charge >= 0.3 is 0 Å². The highest BCUT2D eigenvalue weighted by molar-refractivity contribution is 6.08. The van der Waals surface area contributed by atoms with Gasteiger partial charge in [0, 0.05) is 30.8 Å². The van der Waals surface area contributed by atoms with Gasteiger partial charge in [-0.05, 0) is 30.4 Å². The van der Waals surface area contributed by atoms with Gasteiger partial charge < -0.3 is 14.0 Å². The molecule has 174 valence electrons. The number of allylic oxidation sites excluding steroid dienone is 2. The van der Waals surface area contributed by atoms with Crippen molar-refractivity contribution < 1.29 is 9.47 Å². The van der Waals surface area contributed by atoms with Crippen LogP contribution < -0.4 is 0 Å². The number of benzene rings is 2. The van der Waals surface area contributed by atoms with Crippen molar-refractivity contribution in [1.29, 1.82) is 0 Å². The van der Waals surface area contributed by atoms with E-state index in [-0.39, 0.29) is 6.29 Å². The van der Waals surface area contributed by atoms with Gasteiger partial charge in [0.15, 0.2) is 6.29 Å². The fourth-order valence-electron chi connectivity index (χ4n) is 4.07. The van der Waals surface area contributed by atoms with Gasteiger partial charge in [0.2, 0.25) is 0 Å². The van der Waals surface area contributed by atoms with Crippen LogP contribution in [-0.4, -0.2) is 36.9 Å². The molecule has 1 aliphatic heterocycles. The predicted octanol–water partition coefficient (Wildman–Crippen LogP) is 5.49. The average molecular weight is 444 g/mol. The Morgan fingerprint density at radius 1 is 1.00 bits per heavy atom. The Balaban J connectivity index is 0.000000194. The highest BCUT2D eigenvalue weighted by Crippen LogP contribution is 2.28. The van der Waals surface area contributed by atoms with Gasteiger partial charge in [-0.2, -0.15) is 0 Å². The zero-order chi connectivity index (χ0) is 23.1. The normalized spacial score (nSPS) is 15.0. The van der Waals surface area contributed by atoms with Gasteiger partial charge in [-0.25, -0.2) is 4.98 Å². The summed E-state index contributed by atoms with van der Waals surface area (Å²) in [5.74, 6) is 0.891. The molecule has 0 spiro atoms. The van der Waals surface area contributed by atoms with E-state index in [9.17, 15) is 0 Å². The van der Waals surface area contributed by atoms with Gasteiger partial charge in [-0.3, -0.25) is 0 Å². The van der Waals surface area contributed by atoms with Crippen LogP contribution in [0.4, 0.5) is 0 Å². The first-order valence-corrected chi connectivity index (χ1v) is 12.3. The van der Waals surface area contributed by atoms with E-state index >= 15 is 0 Å². The molecule has 0 amide bonds. The fourth-order valence-corrected chi connectivity index (χ4v) is 4.07. The standard InChI is InChI=1S/C18H21B.C10H16N2O2/c19-15-9-3-8-14-18(16-10-4-1-5-11-16)17-12-6-2-7-13-17;1-2-9(10-13-5-6-14-10)7-12-4-3-11-8-12/h1-8,10-13,18H,9,14-15,19H2;3-4,8-10H,2,5-7H2,1H3. The van der Waals surface area contributed by atoms with E-state index in [1.54, 1.807) is 6.20 Å². The molecule has 1 saturated heterocycles. The Morgan fingerprint density at radius 2 is 1.64 bits per heavy atom. The van der Waals surface area contributed by atoms with E-state index in [0.717, 1.165) is 32.6 Å². The highest BCUT2D eigenvalue weighted by atomic mass is 16.7. The molecule has 1 fully saturated rings. The third-order valence-corrected chi connectivity index (χ3v) is 5.96. The lowest BCUT2D eigenvalue weighted by Gasteiger charge is -2.20. The minimum absolute atomic E-state index is 0.0256. The smallest absolute Gasteiger partial charge is 0.162 e. The monoisotopic (exact) mass is 444 g/mol. The van der Waals surface area contributed by atoms with Crippen molar-refractivity contribution in [2.75, 3.05) is 13.2 Å². The molecule has 0 aliphatic carbocycles. The van der Waals surface area contributed by atoms with E-state index in [1.807, 2.05) is 12.5 Å². The maximum Gasteiger partial charge on any atom is 0.162 e. The van der Waals surface area contributed by atoms with Gasteiger partial charge in [0.05, 0.1) is 19.5 Å². The fraction of sp³-hybridized carbons (Fsp3) is 0.393. The van der Waals surface area contributed by atoms with E-state index in [1.165, 1.54) is 23.9 Å². The number of hydrogen-bond donors (Lipinski definition) is 0. The van der Waals surface area contributed by atoms with Gasteiger partial charge in [-0.15, -0.1) is 0 Å². The van der Waals surface area contributed by atoms with Crippen molar-refractivity contribution in [3.8, 4) is 0 Å². The second-order valence-corrected chi connectivity index (χ2v) is 8.41. The summed E-state index contributed by atoms with van der Waals surface area (Å²) in [4.78, 5) is 4.02. The maximum atomic E-state index is 5.50. The lowest BCUT2D eigenvalue weighted by molar-refractivity contribution is -0.0884.